The Morgan fingerprint density at radius 1 is 1.05 bits per heavy atom. The zero-order valence-electron chi connectivity index (χ0n) is 12.7. The average Bonchev–Trinajstić information content (AvgIpc) is 2.96. The van der Waals surface area contributed by atoms with Crippen molar-refractivity contribution in [3.63, 3.8) is 0 Å². The van der Waals surface area contributed by atoms with Crippen molar-refractivity contribution in [2.24, 2.45) is 0 Å². The van der Waals surface area contributed by atoms with Gasteiger partial charge in [-0.1, -0.05) is 31.2 Å². The van der Waals surface area contributed by atoms with Gasteiger partial charge in [-0.05, 0) is 18.6 Å². The Labute approximate surface area is 137 Å². The van der Waals surface area contributed by atoms with Crippen LogP contribution in [0.1, 0.15) is 19.2 Å². The summed E-state index contributed by atoms with van der Waals surface area (Å²) in [4.78, 5) is 8.31. The molecule has 0 spiro atoms. The van der Waals surface area contributed by atoms with E-state index >= 15 is 0 Å². The summed E-state index contributed by atoms with van der Waals surface area (Å²) in [5, 5.41) is 9.88. The Balaban J connectivity index is 0.000000211. The van der Waals surface area contributed by atoms with E-state index in [1.165, 1.54) is 5.39 Å². The predicted octanol–water partition coefficient (Wildman–Crippen LogP) is 3.48. The lowest BCUT2D eigenvalue weighted by molar-refractivity contribution is 0.294. The second kappa shape index (κ2) is 9.92. The molecule has 0 saturated carbocycles. The third-order valence-electron chi connectivity index (χ3n) is 3.11. The van der Waals surface area contributed by atoms with Gasteiger partial charge in [0.2, 0.25) is 0 Å². The fraction of sp³-hybridized carbons (Fsp3) is 0.294. The maximum Gasteiger partial charge on any atom is 0.110 e. The number of hydrogen-bond acceptors (Lipinski definition) is 3. The Kier molecular flexibility index (Phi) is 8.18. The van der Waals surface area contributed by atoms with Crippen molar-refractivity contribution in [3.05, 3.63) is 60.8 Å². The van der Waals surface area contributed by atoms with Crippen molar-refractivity contribution in [1.29, 1.82) is 0 Å². The van der Waals surface area contributed by atoms with E-state index in [1.807, 2.05) is 36.7 Å². The number of rotatable bonds is 4. The monoisotopic (exact) mass is 319 g/mol. The van der Waals surface area contributed by atoms with E-state index in [4.69, 9.17) is 5.11 Å². The quantitative estimate of drug-likeness (QED) is 0.801. The second-order valence-corrected chi connectivity index (χ2v) is 4.71. The summed E-state index contributed by atoms with van der Waals surface area (Å²) in [6.07, 6.45) is 7.30. The number of aliphatic hydroxyl groups excluding tert-OH is 1. The zero-order valence-corrected chi connectivity index (χ0v) is 13.5. The predicted molar refractivity (Wildman–Crippen MR) is 92.3 cm³/mol. The van der Waals surface area contributed by atoms with E-state index in [0.717, 1.165) is 24.3 Å². The van der Waals surface area contributed by atoms with E-state index in [-0.39, 0.29) is 19.0 Å². The normalized spacial score (nSPS) is 9.73. The molecule has 0 aliphatic carbocycles. The highest BCUT2D eigenvalue weighted by Gasteiger charge is 1.99. The molecule has 0 aliphatic rings. The molecule has 0 radical (unpaired) electrons. The Morgan fingerprint density at radius 2 is 1.82 bits per heavy atom. The van der Waals surface area contributed by atoms with Crippen molar-refractivity contribution < 1.29 is 5.11 Å². The number of imidazole rings is 1. The van der Waals surface area contributed by atoms with Gasteiger partial charge in [0.1, 0.15) is 5.82 Å². The molecule has 0 amide bonds. The number of fused-ring (bicyclic) bond motifs is 1. The van der Waals surface area contributed by atoms with Crippen LogP contribution < -0.4 is 0 Å². The molecule has 4 nitrogen and oxygen atoms in total. The number of para-hydroxylation sites is 1. The molecule has 0 saturated heterocycles. The summed E-state index contributed by atoms with van der Waals surface area (Å²) in [6.45, 7) is 3.30. The van der Waals surface area contributed by atoms with E-state index in [2.05, 4.69) is 33.6 Å². The first kappa shape index (κ1) is 18.1. The standard InChI is InChI=1S/C9H7N.C8H14N2O.ClH/c1-2-6-9-8(4-1)5-3-7-10-9;1-2-5-10-6-4-9-8(10)3-7-11;/h1-7H;4,6,11H,2-3,5,7H2,1H3;1H. The van der Waals surface area contributed by atoms with Gasteiger partial charge >= 0.3 is 0 Å². The minimum Gasteiger partial charge on any atom is -0.396 e. The number of benzene rings is 1. The molecule has 3 aromatic rings. The Morgan fingerprint density at radius 3 is 2.55 bits per heavy atom. The molecule has 0 unspecified atom stereocenters. The summed E-state index contributed by atoms with van der Waals surface area (Å²) in [7, 11) is 0. The van der Waals surface area contributed by atoms with Crippen LogP contribution in [-0.4, -0.2) is 26.2 Å². The van der Waals surface area contributed by atoms with Crippen molar-refractivity contribution in [2.45, 2.75) is 26.3 Å². The van der Waals surface area contributed by atoms with E-state index < -0.39 is 0 Å². The number of hydrogen-bond donors (Lipinski definition) is 1. The maximum absolute atomic E-state index is 8.68. The van der Waals surface area contributed by atoms with Gasteiger partial charge in [-0.2, -0.15) is 0 Å². The molecule has 5 heteroatoms. The van der Waals surface area contributed by atoms with Gasteiger partial charge in [0.15, 0.2) is 0 Å². The van der Waals surface area contributed by atoms with Crippen LogP contribution in [0.25, 0.3) is 10.9 Å². The molecule has 22 heavy (non-hydrogen) atoms. The first-order valence-electron chi connectivity index (χ1n) is 7.25. The van der Waals surface area contributed by atoms with Crippen LogP contribution in [-0.2, 0) is 13.0 Å². The third-order valence-corrected chi connectivity index (χ3v) is 3.11. The summed E-state index contributed by atoms with van der Waals surface area (Å²) >= 11 is 0. The van der Waals surface area contributed by atoms with Gasteiger partial charge in [-0.15, -0.1) is 12.4 Å². The van der Waals surface area contributed by atoms with E-state index in [1.54, 1.807) is 6.20 Å². The minimum absolute atomic E-state index is 0. The highest BCUT2D eigenvalue weighted by molar-refractivity contribution is 5.85. The van der Waals surface area contributed by atoms with Crippen LogP contribution in [0.3, 0.4) is 0 Å². The van der Waals surface area contributed by atoms with Crippen LogP contribution in [0, 0.1) is 0 Å². The first-order valence-corrected chi connectivity index (χ1v) is 7.25. The molecule has 118 valence electrons. The number of aryl methyl sites for hydroxylation is 1. The summed E-state index contributed by atoms with van der Waals surface area (Å²) in [5.74, 6) is 0.981. The van der Waals surface area contributed by atoms with Gasteiger partial charge in [0, 0.05) is 36.9 Å². The SMILES string of the molecule is CCCn1ccnc1CCO.Cl.c1ccc2ncccc2c1. The van der Waals surface area contributed by atoms with Crippen LogP contribution in [0.15, 0.2) is 55.0 Å². The Hall–Kier alpha value is -1.91. The summed E-state index contributed by atoms with van der Waals surface area (Å²) in [5.41, 5.74) is 1.06. The van der Waals surface area contributed by atoms with Gasteiger partial charge in [-0.3, -0.25) is 4.98 Å². The van der Waals surface area contributed by atoms with E-state index in [0.29, 0.717) is 6.42 Å². The number of aromatic nitrogens is 3. The van der Waals surface area contributed by atoms with Crippen molar-refractivity contribution in [2.75, 3.05) is 6.61 Å². The average molecular weight is 320 g/mol. The zero-order chi connectivity index (χ0) is 14.9. The topological polar surface area (TPSA) is 50.9 Å². The summed E-state index contributed by atoms with van der Waals surface area (Å²) < 4.78 is 2.08. The van der Waals surface area contributed by atoms with Crippen LogP contribution in [0.2, 0.25) is 0 Å². The van der Waals surface area contributed by atoms with Crippen LogP contribution in [0.4, 0.5) is 0 Å². The van der Waals surface area contributed by atoms with Crippen molar-refractivity contribution in [1.82, 2.24) is 14.5 Å². The molecule has 0 bridgehead atoms. The number of halogens is 1. The first-order chi connectivity index (χ1) is 10.3. The lowest BCUT2D eigenvalue weighted by Crippen LogP contribution is -2.04. The number of aliphatic hydroxyl groups is 1. The maximum atomic E-state index is 8.68. The molecule has 0 aliphatic heterocycles. The van der Waals surface area contributed by atoms with Crippen molar-refractivity contribution in [3.8, 4) is 0 Å². The largest absolute Gasteiger partial charge is 0.396 e. The van der Waals surface area contributed by atoms with Crippen LogP contribution >= 0.6 is 12.4 Å². The third kappa shape index (κ3) is 5.13. The highest BCUT2D eigenvalue weighted by Crippen LogP contribution is 2.07. The highest BCUT2D eigenvalue weighted by atomic mass is 35.5. The number of nitrogens with zero attached hydrogens (tertiary/aromatic N) is 3. The van der Waals surface area contributed by atoms with Gasteiger partial charge in [0.05, 0.1) is 12.1 Å². The molecule has 0 atom stereocenters. The minimum atomic E-state index is 0. The molecule has 2 heterocycles. The van der Waals surface area contributed by atoms with Gasteiger partial charge < -0.3 is 9.67 Å². The molecule has 1 aromatic carbocycles. The lowest BCUT2D eigenvalue weighted by atomic mass is 10.2. The van der Waals surface area contributed by atoms with Crippen molar-refractivity contribution >= 4 is 23.3 Å². The smallest absolute Gasteiger partial charge is 0.110 e. The molecule has 1 N–H and O–H groups in total. The molecular formula is C17H22ClN3O. The lowest BCUT2D eigenvalue weighted by Gasteiger charge is -2.03. The Bertz CT molecular complexity index is 584. The van der Waals surface area contributed by atoms with E-state index in [9.17, 15) is 0 Å². The van der Waals surface area contributed by atoms with Gasteiger partial charge in [0.25, 0.3) is 0 Å². The second-order valence-electron chi connectivity index (χ2n) is 4.71. The molecule has 0 fully saturated rings. The number of pyridine rings is 1. The molecular weight excluding hydrogens is 298 g/mol. The fourth-order valence-corrected chi connectivity index (χ4v) is 2.13. The van der Waals surface area contributed by atoms with Gasteiger partial charge in [-0.25, -0.2) is 4.98 Å². The van der Waals surface area contributed by atoms with Crippen LogP contribution in [0.5, 0.6) is 0 Å². The fourth-order valence-electron chi connectivity index (χ4n) is 2.13. The summed E-state index contributed by atoms with van der Waals surface area (Å²) in [6, 6.07) is 12.1. The molecule has 2 aromatic heterocycles. The molecule has 3 rings (SSSR count).